The number of benzene rings is 1. The van der Waals surface area contributed by atoms with E-state index in [0.717, 1.165) is 43.7 Å². The van der Waals surface area contributed by atoms with Crippen LogP contribution < -0.4 is 10.5 Å². The number of aryl methyl sites for hydroxylation is 1. The van der Waals surface area contributed by atoms with Gasteiger partial charge in [0.2, 0.25) is 5.91 Å². The summed E-state index contributed by atoms with van der Waals surface area (Å²) in [7, 11) is 1.65. The van der Waals surface area contributed by atoms with Crippen LogP contribution in [0.2, 0.25) is 0 Å². The Morgan fingerprint density at radius 3 is 2.84 bits per heavy atom. The van der Waals surface area contributed by atoms with Gasteiger partial charge in [-0.2, -0.15) is 0 Å². The fourth-order valence-electron chi connectivity index (χ4n) is 2.39. The van der Waals surface area contributed by atoms with Crippen LogP contribution in [0, 0.1) is 0 Å². The Morgan fingerprint density at radius 2 is 2.16 bits per heavy atom. The van der Waals surface area contributed by atoms with Gasteiger partial charge in [-0.25, -0.2) is 0 Å². The second-order valence-corrected chi connectivity index (χ2v) is 5.07. The lowest BCUT2D eigenvalue weighted by Gasteiger charge is -2.30. The molecule has 1 aliphatic heterocycles. The molecule has 0 bridgehead atoms. The SMILES string of the molecule is COc1cccc(CCC(=O)N2CCC(N)CC2)c1. The third-order valence-corrected chi connectivity index (χ3v) is 3.65. The van der Waals surface area contributed by atoms with Crippen LogP contribution in [0.1, 0.15) is 24.8 Å². The van der Waals surface area contributed by atoms with Gasteiger partial charge in [-0.15, -0.1) is 0 Å². The molecule has 1 aliphatic rings. The maximum absolute atomic E-state index is 12.1. The first kappa shape index (κ1) is 13.9. The van der Waals surface area contributed by atoms with Crippen molar-refractivity contribution in [3.8, 4) is 5.75 Å². The van der Waals surface area contributed by atoms with Crippen LogP contribution in [-0.2, 0) is 11.2 Å². The lowest BCUT2D eigenvalue weighted by molar-refractivity contribution is -0.132. The van der Waals surface area contributed by atoms with Crippen LogP contribution in [-0.4, -0.2) is 37.0 Å². The maximum Gasteiger partial charge on any atom is 0.222 e. The van der Waals surface area contributed by atoms with E-state index in [-0.39, 0.29) is 11.9 Å². The number of ether oxygens (including phenoxy) is 1. The molecule has 1 aromatic carbocycles. The van der Waals surface area contributed by atoms with Crippen molar-refractivity contribution in [2.24, 2.45) is 5.73 Å². The summed E-state index contributed by atoms with van der Waals surface area (Å²) in [4.78, 5) is 14.0. The van der Waals surface area contributed by atoms with E-state index in [1.165, 1.54) is 0 Å². The van der Waals surface area contributed by atoms with Gasteiger partial charge in [-0.1, -0.05) is 12.1 Å². The number of likely N-dealkylation sites (tertiary alicyclic amines) is 1. The van der Waals surface area contributed by atoms with Crippen molar-refractivity contribution in [2.75, 3.05) is 20.2 Å². The topological polar surface area (TPSA) is 55.6 Å². The van der Waals surface area contributed by atoms with Crippen molar-refractivity contribution in [1.82, 2.24) is 4.90 Å². The van der Waals surface area contributed by atoms with Gasteiger partial charge in [0.05, 0.1) is 7.11 Å². The summed E-state index contributed by atoms with van der Waals surface area (Å²) in [5, 5.41) is 0. The minimum atomic E-state index is 0.231. The summed E-state index contributed by atoms with van der Waals surface area (Å²) >= 11 is 0. The maximum atomic E-state index is 12.1. The van der Waals surface area contributed by atoms with Crippen LogP contribution in [0.4, 0.5) is 0 Å². The number of hydrogen-bond acceptors (Lipinski definition) is 3. The van der Waals surface area contributed by atoms with E-state index >= 15 is 0 Å². The fourth-order valence-corrected chi connectivity index (χ4v) is 2.39. The Bertz CT molecular complexity index is 426. The lowest BCUT2D eigenvalue weighted by Crippen LogP contribution is -2.42. The molecule has 0 unspecified atom stereocenters. The van der Waals surface area contributed by atoms with E-state index in [9.17, 15) is 4.79 Å². The van der Waals surface area contributed by atoms with Gasteiger partial charge in [0, 0.05) is 25.6 Å². The number of carbonyl (C=O) groups excluding carboxylic acids is 1. The second kappa shape index (κ2) is 6.57. The van der Waals surface area contributed by atoms with Gasteiger partial charge in [-0.05, 0) is 37.0 Å². The van der Waals surface area contributed by atoms with Crippen LogP contribution in [0.25, 0.3) is 0 Å². The van der Waals surface area contributed by atoms with Crippen molar-refractivity contribution in [3.05, 3.63) is 29.8 Å². The molecule has 1 heterocycles. The van der Waals surface area contributed by atoms with Crippen molar-refractivity contribution in [1.29, 1.82) is 0 Å². The Labute approximate surface area is 114 Å². The molecule has 0 radical (unpaired) electrons. The van der Waals surface area contributed by atoms with Crippen molar-refractivity contribution in [2.45, 2.75) is 31.7 Å². The minimum absolute atomic E-state index is 0.231. The number of hydrogen-bond donors (Lipinski definition) is 1. The summed E-state index contributed by atoms with van der Waals surface area (Å²) in [6, 6.07) is 8.15. The lowest BCUT2D eigenvalue weighted by atomic mass is 10.0. The van der Waals surface area contributed by atoms with Crippen LogP contribution in [0.15, 0.2) is 24.3 Å². The molecular weight excluding hydrogens is 240 g/mol. The molecule has 0 spiro atoms. The van der Waals surface area contributed by atoms with Gasteiger partial charge in [-0.3, -0.25) is 4.79 Å². The zero-order chi connectivity index (χ0) is 13.7. The highest BCUT2D eigenvalue weighted by Crippen LogP contribution is 2.15. The molecule has 0 atom stereocenters. The fraction of sp³-hybridized carbons (Fsp3) is 0.533. The Morgan fingerprint density at radius 1 is 1.42 bits per heavy atom. The second-order valence-electron chi connectivity index (χ2n) is 5.07. The molecule has 1 saturated heterocycles. The van der Waals surface area contributed by atoms with E-state index in [1.54, 1.807) is 7.11 Å². The molecule has 19 heavy (non-hydrogen) atoms. The standard InChI is InChI=1S/C15H22N2O2/c1-19-14-4-2-3-12(11-14)5-6-15(18)17-9-7-13(16)8-10-17/h2-4,11,13H,5-10,16H2,1H3. The van der Waals surface area contributed by atoms with E-state index in [0.29, 0.717) is 6.42 Å². The van der Waals surface area contributed by atoms with E-state index in [4.69, 9.17) is 10.5 Å². The van der Waals surface area contributed by atoms with Crippen LogP contribution in [0.5, 0.6) is 5.75 Å². The van der Waals surface area contributed by atoms with E-state index < -0.39 is 0 Å². The summed E-state index contributed by atoms with van der Waals surface area (Å²) in [6.45, 7) is 1.61. The molecule has 4 nitrogen and oxygen atoms in total. The number of methoxy groups -OCH3 is 1. The summed E-state index contributed by atoms with van der Waals surface area (Å²) in [5.74, 6) is 1.07. The van der Waals surface area contributed by atoms with Crippen LogP contribution in [0.3, 0.4) is 0 Å². The Balaban J connectivity index is 1.82. The summed E-state index contributed by atoms with van der Waals surface area (Å²) in [6.07, 6.45) is 3.16. The van der Waals surface area contributed by atoms with E-state index in [2.05, 4.69) is 0 Å². The number of amides is 1. The molecule has 1 amide bonds. The average molecular weight is 262 g/mol. The summed E-state index contributed by atoms with van der Waals surface area (Å²) < 4.78 is 5.18. The molecule has 1 aromatic rings. The highest BCUT2D eigenvalue weighted by Gasteiger charge is 2.19. The molecule has 4 heteroatoms. The quantitative estimate of drug-likeness (QED) is 0.896. The molecule has 0 saturated carbocycles. The number of nitrogens with two attached hydrogens (primary N) is 1. The predicted octanol–water partition coefficient (Wildman–Crippen LogP) is 1.58. The van der Waals surface area contributed by atoms with Crippen molar-refractivity contribution in [3.63, 3.8) is 0 Å². The molecule has 1 fully saturated rings. The first-order valence-corrected chi connectivity index (χ1v) is 6.85. The predicted molar refractivity (Wildman–Crippen MR) is 75.1 cm³/mol. The normalized spacial score (nSPS) is 16.4. The van der Waals surface area contributed by atoms with Gasteiger partial charge < -0.3 is 15.4 Å². The Hall–Kier alpha value is -1.55. The number of piperidine rings is 1. The zero-order valence-corrected chi connectivity index (χ0v) is 11.5. The molecule has 2 N–H and O–H groups in total. The number of carbonyl (C=O) groups is 1. The van der Waals surface area contributed by atoms with Gasteiger partial charge in [0.1, 0.15) is 5.75 Å². The number of nitrogens with zero attached hydrogens (tertiary/aromatic N) is 1. The minimum Gasteiger partial charge on any atom is -0.497 e. The average Bonchev–Trinajstić information content (AvgIpc) is 2.46. The summed E-state index contributed by atoms with van der Waals surface area (Å²) in [5.41, 5.74) is 6.98. The van der Waals surface area contributed by atoms with E-state index in [1.807, 2.05) is 29.2 Å². The highest BCUT2D eigenvalue weighted by atomic mass is 16.5. The van der Waals surface area contributed by atoms with Crippen molar-refractivity contribution >= 4 is 5.91 Å². The molecule has 2 rings (SSSR count). The van der Waals surface area contributed by atoms with Crippen molar-refractivity contribution < 1.29 is 9.53 Å². The van der Waals surface area contributed by atoms with Gasteiger partial charge in [0.25, 0.3) is 0 Å². The molecule has 0 aliphatic carbocycles. The molecule has 0 aromatic heterocycles. The van der Waals surface area contributed by atoms with Crippen LogP contribution >= 0.6 is 0 Å². The smallest absolute Gasteiger partial charge is 0.222 e. The Kier molecular flexibility index (Phi) is 4.80. The van der Waals surface area contributed by atoms with Gasteiger partial charge in [0.15, 0.2) is 0 Å². The first-order valence-electron chi connectivity index (χ1n) is 6.85. The molecule has 104 valence electrons. The monoisotopic (exact) mass is 262 g/mol. The third kappa shape index (κ3) is 3.96. The van der Waals surface area contributed by atoms with Gasteiger partial charge >= 0.3 is 0 Å². The highest BCUT2D eigenvalue weighted by molar-refractivity contribution is 5.76. The molecular formula is C15H22N2O2. The largest absolute Gasteiger partial charge is 0.497 e. The zero-order valence-electron chi connectivity index (χ0n) is 11.5. The third-order valence-electron chi connectivity index (χ3n) is 3.65. The first-order chi connectivity index (χ1) is 9.19. The number of rotatable bonds is 4.